The van der Waals surface area contributed by atoms with Crippen LogP contribution in [-0.4, -0.2) is 26.3 Å². The lowest BCUT2D eigenvalue weighted by molar-refractivity contribution is 0.499. The maximum absolute atomic E-state index is 13.1. The molecule has 0 aliphatic heterocycles. The molecule has 0 unspecified atom stereocenters. The molecule has 0 aromatic heterocycles. The molecule has 0 radical (unpaired) electrons. The van der Waals surface area contributed by atoms with Crippen molar-refractivity contribution in [2.24, 2.45) is 0 Å². The monoisotopic (exact) mass is 278 g/mol. The number of nitrogen functional groups attached to an aromatic ring is 1. The summed E-state index contributed by atoms with van der Waals surface area (Å²) >= 11 is 5.70. The van der Waals surface area contributed by atoms with Crippen molar-refractivity contribution < 1.29 is 12.8 Å². The molecule has 1 aromatic carbocycles. The highest BCUT2D eigenvalue weighted by Gasteiger charge is 2.24. The van der Waals surface area contributed by atoms with E-state index in [1.54, 1.807) is 0 Å². The maximum atomic E-state index is 13.1. The molecular formula is C10H12ClFN2O2S. The molecule has 0 bridgehead atoms. The quantitative estimate of drug-likeness (QED) is 0.675. The van der Waals surface area contributed by atoms with Crippen LogP contribution in [0.5, 0.6) is 0 Å². The Morgan fingerprint density at radius 3 is 2.71 bits per heavy atom. The van der Waals surface area contributed by atoms with Gasteiger partial charge in [0.15, 0.2) is 0 Å². The lowest BCUT2D eigenvalue weighted by Gasteiger charge is -2.16. The van der Waals surface area contributed by atoms with Gasteiger partial charge in [-0.2, -0.15) is 4.31 Å². The number of hydrogen-bond acceptors (Lipinski definition) is 3. The Morgan fingerprint density at radius 2 is 2.18 bits per heavy atom. The second-order valence-electron chi connectivity index (χ2n) is 3.38. The minimum Gasteiger partial charge on any atom is -0.396 e. The molecule has 0 saturated carbocycles. The van der Waals surface area contributed by atoms with Crippen LogP contribution in [0, 0.1) is 5.82 Å². The molecule has 2 N–H and O–H groups in total. The van der Waals surface area contributed by atoms with Gasteiger partial charge in [0.05, 0.1) is 10.7 Å². The van der Waals surface area contributed by atoms with Gasteiger partial charge in [-0.05, 0) is 12.1 Å². The minimum atomic E-state index is -3.79. The van der Waals surface area contributed by atoms with E-state index in [9.17, 15) is 12.8 Å². The zero-order chi connectivity index (χ0) is 13.2. The first-order valence-electron chi connectivity index (χ1n) is 4.62. The molecule has 0 atom stereocenters. The zero-order valence-electron chi connectivity index (χ0n) is 9.15. The van der Waals surface area contributed by atoms with E-state index in [1.165, 1.54) is 13.1 Å². The van der Waals surface area contributed by atoms with Gasteiger partial charge in [0.25, 0.3) is 0 Å². The highest BCUT2D eigenvalue weighted by atomic mass is 35.5. The number of sulfonamides is 1. The number of anilines is 1. The van der Waals surface area contributed by atoms with Crippen molar-refractivity contribution in [1.82, 2.24) is 4.31 Å². The van der Waals surface area contributed by atoms with E-state index in [-0.39, 0.29) is 22.2 Å². The number of nitrogens with zero attached hydrogens (tertiary/aromatic N) is 1. The fourth-order valence-corrected chi connectivity index (χ4v) is 2.85. The Balaban J connectivity index is 3.34. The van der Waals surface area contributed by atoms with Gasteiger partial charge in [0.1, 0.15) is 10.7 Å². The number of hydrogen-bond donors (Lipinski definition) is 1. The van der Waals surface area contributed by atoms with Crippen molar-refractivity contribution in [2.75, 3.05) is 19.3 Å². The van der Waals surface area contributed by atoms with Crippen molar-refractivity contribution in [3.05, 3.63) is 35.6 Å². The first kappa shape index (κ1) is 14.0. The summed E-state index contributed by atoms with van der Waals surface area (Å²) in [7, 11) is -2.42. The summed E-state index contributed by atoms with van der Waals surface area (Å²) in [4.78, 5) is -0.220. The summed E-state index contributed by atoms with van der Waals surface area (Å²) in [5.74, 6) is -0.750. The van der Waals surface area contributed by atoms with Gasteiger partial charge in [-0.25, -0.2) is 12.8 Å². The van der Waals surface area contributed by atoms with E-state index < -0.39 is 15.8 Å². The zero-order valence-corrected chi connectivity index (χ0v) is 10.7. The van der Waals surface area contributed by atoms with Crippen molar-refractivity contribution >= 4 is 27.3 Å². The third kappa shape index (κ3) is 2.77. The van der Waals surface area contributed by atoms with E-state index in [1.807, 2.05) is 0 Å². The van der Waals surface area contributed by atoms with Gasteiger partial charge in [-0.15, -0.1) is 6.58 Å². The molecular weight excluding hydrogens is 267 g/mol. The van der Waals surface area contributed by atoms with Crippen LogP contribution in [-0.2, 0) is 10.0 Å². The Kier molecular flexibility index (Phi) is 4.13. The van der Waals surface area contributed by atoms with Crippen LogP contribution < -0.4 is 5.73 Å². The second kappa shape index (κ2) is 5.03. The van der Waals surface area contributed by atoms with Gasteiger partial charge in [-0.3, -0.25) is 0 Å². The number of benzene rings is 1. The topological polar surface area (TPSA) is 63.4 Å². The van der Waals surface area contributed by atoms with Crippen molar-refractivity contribution in [3.63, 3.8) is 0 Å². The van der Waals surface area contributed by atoms with Gasteiger partial charge >= 0.3 is 0 Å². The molecule has 17 heavy (non-hydrogen) atoms. The first-order chi connectivity index (χ1) is 7.80. The van der Waals surface area contributed by atoms with E-state index in [4.69, 9.17) is 17.3 Å². The number of rotatable bonds is 4. The lowest BCUT2D eigenvalue weighted by atomic mass is 10.3. The molecule has 0 aliphatic rings. The highest BCUT2D eigenvalue weighted by Crippen LogP contribution is 2.28. The summed E-state index contributed by atoms with van der Waals surface area (Å²) in [6.45, 7) is 3.56. The smallest absolute Gasteiger partial charge is 0.244 e. The van der Waals surface area contributed by atoms with Gasteiger partial charge in [0.2, 0.25) is 10.0 Å². The Morgan fingerprint density at radius 1 is 1.59 bits per heavy atom. The molecule has 0 spiro atoms. The van der Waals surface area contributed by atoms with Gasteiger partial charge < -0.3 is 5.73 Å². The normalized spacial score (nSPS) is 11.8. The summed E-state index contributed by atoms with van der Waals surface area (Å²) in [6.07, 6.45) is 1.43. The fourth-order valence-electron chi connectivity index (χ4n) is 1.19. The summed E-state index contributed by atoms with van der Waals surface area (Å²) in [5.41, 5.74) is 5.06. The Bertz CT molecular complexity index is 545. The fraction of sp³-hybridized carbons (Fsp3) is 0.200. The first-order valence-corrected chi connectivity index (χ1v) is 6.44. The SMILES string of the molecule is C=CCN(C)S(=O)(=O)c1cc(N)c(F)cc1Cl. The van der Waals surface area contributed by atoms with Crippen LogP contribution in [0.2, 0.25) is 5.02 Å². The number of likely N-dealkylation sites (N-methyl/N-ethyl adjacent to an activating group) is 1. The average molecular weight is 279 g/mol. The Labute approximate surface area is 105 Å². The van der Waals surface area contributed by atoms with Crippen molar-refractivity contribution in [2.45, 2.75) is 4.90 Å². The standard InChI is InChI=1S/C10H12ClFN2O2S/c1-3-4-14(2)17(15,16)10-6-9(13)8(12)5-7(10)11/h3,5-6H,1,4,13H2,2H3. The molecule has 1 rings (SSSR count). The molecule has 0 aliphatic carbocycles. The van der Waals surface area contributed by atoms with E-state index >= 15 is 0 Å². The average Bonchev–Trinajstić information content (AvgIpc) is 2.23. The molecule has 4 nitrogen and oxygen atoms in total. The molecule has 1 aromatic rings. The summed E-state index contributed by atoms with van der Waals surface area (Å²) in [6, 6.07) is 1.89. The Hall–Kier alpha value is -1.11. The third-order valence-electron chi connectivity index (χ3n) is 2.13. The van der Waals surface area contributed by atoms with Crippen LogP contribution in [0.3, 0.4) is 0 Å². The molecule has 7 heteroatoms. The summed E-state index contributed by atoms with van der Waals surface area (Å²) < 4.78 is 38.1. The summed E-state index contributed by atoms with van der Waals surface area (Å²) in [5, 5.41) is -0.201. The van der Waals surface area contributed by atoms with E-state index in [0.29, 0.717) is 0 Å². The number of nitrogens with two attached hydrogens (primary N) is 1. The molecule has 0 amide bonds. The molecule has 0 fully saturated rings. The predicted octanol–water partition coefficient (Wildman–Crippen LogP) is 1.87. The van der Waals surface area contributed by atoms with Crippen LogP contribution in [0.1, 0.15) is 0 Å². The van der Waals surface area contributed by atoms with E-state index in [0.717, 1.165) is 16.4 Å². The van der Waals surface area contributed by atoms with Crippen LogP contribution in [0.25, 0.3) is 0 Å². The largest absolute Gasteiger partial charge is 0.396 e. The van der Waals surface area contributed by atoms with Gasteiger partial charge in [-0.1, -0.05) is 17.7 Å². The minimum absolute atomic E-state index is 0.121. The predicted molar refractivity (Wildman–Crippen MR) is 65.8 cm³/mol. The van der Waals surface area contributed by atoms with Crippen LogP contribution in [0.4, 0.5) is 10.1 Å². The molecule has 0 saturated heterocycles. The molecule has 0 heterocycles. The van der Waals surface area contributed by atoms with Gasteiger partial charge in [0, 0.05) is 13.6 Å². The van der Waals surface area contributed by atoms with Crippen LogP contribution >= 0.6 is 11.6 Å². The molecule has 94 valence electrons. The second-order valence-corrected chi connectivity index (χ2v) is 5.80. The highest BCUT2D eigenvalue weighted by molar-refractivity contribution is 7.89. The lowest BCUT2D eigenvalue weighted by Crippen LogP contribution is -2.27. The number of halogens is 2. The van der Waals surface area contributed by atoms with Crippen molar-refractivity contribution in [3.8, 4) is 0 Å². The maximum Gasteiger partial charge on any atom is 0.244 e. The van der Waals surface area contributed by atoms with Crippen LogP contribution in [0.15, 0.2) is 29.7 Å². The van der Waals surface area contributed by atoms with E-state index in [2.05, 4.69) is 6.58 Å². The third-order valence-corrected chi connectivity index (χ3v) is 4.41. The van der Waals surface area contributed by atoms with Crippen molar-refractivity contribution in [1.29, 1.82) is 0 Å².